The van der Waals surface area contributed by atoms with E-state index in [0.29, 0.717) is 25.6 Å². The minimum Gasteiger partial charge on any atom is -0.481 e. The number of rotatable bonds is 7. The van der Waals surface area contributed by atoms with Gasteiger partial charge in [-0.15, -0.1) is 0 Å². The number of hydrogen-bond acceptors (Lipinski definition) is 4. The molecule has 1 aliphatic rings. The minimum absolute atomic E-state index is 0.0701. The first-order valence-corrected chi connectivity index (χ1v) is 5.85. The van der Waals surface area contributed by atoms with E-state index in [0.717, 1.165) is 32.5 Å². The molecule has 1 fully saturated rings. The van der Waals surface area contributed by atoms with Crippen molar-refractivity contribution in [2.24, 2.45) is 5.92 Å². The molecule has 0 radical (unpaired) electrons. The van der Waals surface area contributed by atoms with Crippen molar-refractivity contribution in [3.05, 3.63) is 0 Å². The molecule has 0 aliphatic carbocycles. The molecular formula is C11H21NO4. The van der Waals surface area contributed by atoms with E-state index in [1.807, 2.05) is 0 Å². The van der Waals surface area contributed by atoms with Crippen LogP contribution in [0.1, 0.15) is 19.3 Å². The van der Waals surface area contributed by atoms with E-state index < -0.39 is 5.97 Å². The summed E-state index contributed by atoms with van der Waals surface area (Å²) in [6.45, 7) is 3.90. The second-order valence-corrected chi connectivity index (χ2v) is 4.22. The highest BCUT2D eigenvalue weighted by Crippen LogP contribution is 2.19. The zero-order valence-corrected chi connectivity index (χ0v) is 9.60. The fourth-order valence-corrected chi connectivity index (χ4v) is 2.02. The molecule has 1 heterocycles. The van der Waals surface area contributed by atoms with Crippen LogP contribution in [0.5, 0.6) is 0 Å². The highest BCUT2D eigenvalue weighted by molar-refractivity contribution is 5.67. The summed E-state index contributed by atoms with van der Waals surface area (Å²) < 4.78 is 5.19. The van der Waals surface area contributed by atoms with Crippen LogP contribution in [0.3, 0.4) is 0 Å². The Hall–Kier alpha value is -0.650. The highest BCUT2D eigenvalue weighted by atomic mass is 16.5. The number of aliphatic hydroxyl groups is 1. The summed E-state index contributed by atoms with van der Waals surface area (Å²) in [5.41, 5.74) is 0. The van der Waals surface area contributed by atoms with E-state index in [9.17, 15) is 4.79 Å². The molecule has 2 N–H and O–H groups in total. The Morgan fingerprint density at radius 3 is 2.56 bits per heavy atom. The molecule has 0 spiro atoms. The van der Waals surface area contributed by atoms with Gasteiger partial charge in [0.2, 0.25) is 0 Å². The van der Waals surface area contributed by atoms with Gasteiger partial charge in [0.05, 0.1) is 19.8 Å². The lowest BCUT2D eigenvalue weighted by atomic mass is 9.94. The van der Waals surface area contributed by atoms with Gasteiger partial charge >= 0.3 is 5.97 Å². The van der Waals surface area contributed by atoms with Gasteiger partial charge in [-0.25, -0.2) is 0 Å². The first-order valence-electron chi connectivity index (χ1n) is 5.85. The summed E-state index contributed by atoms with van der Waals surface area (Å²) in [6, 6.07) is 0. The van der Waals surface area contributed by atoms with Gasteiger partial charge in [0.15, 0.2) is 0 Å². The molecule has 0 amide bonds. The molecule has 94 valence electrons. The normalized spacial score (nSPS) is 18.8. The second kappa shape index (κ2) is 7.60. The van der Waals surface area contributed by atoms with Crippen LogP contribution >= 0.6 is 0 Å². The summed E-state index contributed by atoms with van der Waals surface area (Å²) in [5, 5.41) is 17.2. The van der Waals surface area contributed by atoms with Crippen LogP contribution in [-0.2, 0) is 9.53 Å². The first kappa shape index (κ1) is 13.4. The fraction of sp³-hybridized carbons (Fsp3) is 0.909. The summed E-state index contributed by atoms with van der Waals surface area (Å²) in [5.74, 6) is -0.350. The van der Waals surface area contributed by atoms with Crippen molar-refractivity contribution >= 4 is 5.97 Å². The summed E-state index contributed by atoms with van der Waals surface area (Å²) in [4.78, 5) is 12.8. The Labute approximate surface area is 96.0 Å². The molecule has 0 saturated carbocycles. The maximum absolute atomic E-state index is 10.5. The zero-order chi connectivity index (χ0) is 11.8. The SMILES string of the molecule is O=C(O)CC1CCN(CCOCCO)CC1. The third-order valence-corrected chi connectivity index (χ3v) is 2.96. The van der Waals surface area contributed by atoms with Crippen LogP contribution < -0.4 is 0 Å². The van der Waals surface area contributed by atoms with Crippen LogP contribution in [0.2, 0.25) is 0 Å². The molecule has 0 unspecified atom stereocenters. The van der Waals surface area contributed by atoms with E-state index in [4.69, 9.17) is 14.9 Å². The Bertz CT molecular complexity index is 202. The van der Waals surface area contributed by atoms with Crippen LogP contribution in [0.15, 0.2) is 0 Å². The van der Waals surface area contributed by atoms with Crippen molar-refractivity contribution < 1.29 is 19.7 Å². The summed E-state index contributed by atoms with van der Waals surface area (Å²) >= 11 is 0. The number of hydrogen-bond donors (Lipinski definition) is 2. The maximum Gasteiger partial charge on any atom is 0.303 e. The minimum atomic E-state index is -0.690. The van der Waals surface area contributed by atoms with Crippen molar-refractivity contribution in [2.75, 3.05) is 39.5 Å². The standard InChI is InChI=1S/C11H21NO4/c13-6-8-16-7-5-12-3-1-10(2-4-12)9-11(14)15/h10,13H,1-9H2,(H,14,15). The largest absolute Gasteiger partial charge is 0.481 e. The molecule has 1 rings (SSSR count). The molecule has 1 saturated heterocycles. The van der Waals surface area contributed by atoms with Gasteiger partial charge in [0.1, 0.15) is 0 Å². The molecular weight excluding hydrogens is 210 g/mol. The van der Waals surface area contributed by atoms with Crippen molar-refractivity contribution in [1.82, 2.24) is 4.90 Å². The molecule has 0 bridgehead atoms. The van der Waals surface area contributed by atoms with Crippen molar-refractivity contribution in [2.45, 2.75) is 19.3 Å². The molecule has 16 heavy (non-hydrogen) atoms. The lowest BCUT2D eigenvalue weighted by molar-refractivity contribution is -0.138. The fourth-order valence-electron chi connectivity index (χ4n) is 2.02. The average molecular weight is 231 g/mol. The third-order valence-electron chi connectivity index (χ3n) is 2.96. The van der Waals surface area contributed by atoms with Gasteiger partial charge in [-0.3, -0.25) is 4.79 Å². The number of carbonyl (C=O) groups is 1. The Morgan fingerprint density at radius 2 is 2.00 bits per heavy atom. The van der Waals surface area contributed by atoms with Crippen molar-refractivity contribution in [3.63, 3.8) is 0 Å². The monoisotopic (exact) mass is 231 g/mol. The Kier molecular flexibility index (Phi) is 6.37. The number of ether oxygens (including phenoxy) is 1. The molecule has 1 aliphatic heterocycles. The third kappa shape index (κ3) is 5.44. The summed E-state index contributed by atoms with van der Waals surface area (Å²) in [6.07, 6.45) is 2.23. The number of likely N-dealkylation sites (tertiary alicyclic amines) is 1. The summed E-state index contributed by atoms with van der Waals surface area (Å²) in [7, 11) is 0. The van der Waals surface area contributed by atoms with Gasteiger partial charge < -0.3 is 19.8 Å². The van der Waals surface area contributed by atoms with Crippen molar-refractivity contribution in [3.8, 4) is 0 Å². The van der Waals surface area contributed by atoms with Gasteiger partial charge in [0, 0.05) is 13.0 Å². The van der Waals surface area contributed by atoms with Crippen LogP contribution in [0.4, 0.5) is 0 Å². The molecule has 0 atom stereocenters. The predicted octanol–water partition coefficient (Wildman–Crippen LogP) is 0.182. The first-order chi connectivity index (χ1) is 7.72. The quantitative estimate of drug-likeness (QED) is 0.612. The lowest BCUT2D eigenvalue weighted by Gasteiger charge is -2.31. The molecule has 0 aromatic rings. The van der Waals surface area contributed by atoms with Gasteiger partial charge in [-0.2, -0.15) is 0 Å². The number of nitrogens with zero attached hydrogens (tertiary/aromatic N) is 1. The van der Waals surface area contributed by atoms with E-state index in [1.165, 1.54) is 0 Å². The second-order valence-electron chi connectivity index (χ2n) is 4.22. The number of carboxylic acids is 1. The molecule has 5 nitrogen and oxygen atoms in total. The highest BCUT2D eigenvalue weighted by Gasteiger charge is 2.20. The molecule has 0 aromatic heterocycles. The number of piperidine rings is 1. The number of carboxylic acid groups (broad SMARTS) is 1. The lowest BCUT2D eigenvalue weighted by Crippen LogP contribution is -2.36. The van der Waals surface area contributed by atoms with E-state index >= 15 is 0 Å². The van der Waals surface area contributed by atoms with Gasteiger partial charge in [-0.05, 0) is 31.8 Å². The van der Waals surface area contributed by atoms with E-state index in [-0.39, 0.29) is 6.61 Å². The smallest absolute Gasteiger partial charge is 0.303 e. The Balaban J connectivity index is 2.05. The average Bonchev–Trinajstić information content (AvgIpc) is 2.26. The van der Waals surface area contributed by atoms with E-state index in [1.54, 1.807) is 0 Å². The van der Waals surface area contributed by atoms with Crippen LogP contribution in [-0.4, -0.2) is 60.5 Å². The van der Waals surface area contributed by atoms with E-state index in [2.05, 4.69) is 4.90 Å². The van der Waals surface area contributed by atoms with Crippen LogP contribution in [0.25, 0.3) is 0 Å². The van der Waals surface area contributed by atoms with Crippen molar-refractivity contribution in [1.29, 1.82) is 0 Å². The van der Waals surface area contributed by atoms with Gasteiger partial charge in [0.25, 0.3) is 0 Å². The zero-order valence-electron chi connectivity index (χ0n) is 9.60. The maximum atomic E-state index is 10.5. The predicted molar refractivity (Wildman–Crippen MR) is 59.3 cm³/mol. The van der Waals surface area contributed by atoms with Gasteiger partial charge in [-0.1, -0.05) is 0 Å². The topological polar surface area (TPSA) is 70.0 Å². The Morgan fingerprint density at radius 1 is 1.31 bits per heavy atom. The molecule has 5 heteroatoms. The number of aliphatic hydroxyl groups excluding tert-OH is 1. The van der Waals surface area contributed by atoms with Crippen LogP contribution in [0, 0.1) is 5.92 Å². The molecule has 0 aromatic carbocycles. The number of aliphatic carboxylic acids is 1.